The van der Waals surface area contributed by atoms with Crippen LogP contribution in [0.1, 0.15) is 5.56 Å². The Hall–Kier alpha value is -2.28. The summed E-state index contributed by atoms with van der Waals surface area (Å²) in [4.78, 5) is 13.5. The average Bonchev–Trinajstić information content (AvgIpc) is 2.67. The number of nitrogens with one attached hydrogen (secondary N) is 1. The van der Waals surface area contributed by atoms with Gasteiger partial charge < -0.3 is 14.8 Å². The van der Waals surface area contributed by atoms with Gasteiger partial charge in [0.1, 0.15) is 12.7 Å². The van der Waals surface area contributed by atoms with Crippen molar-refractivity contribution in [1.82, 2.24) is 20.3 Å². The van der Waals surface area contributed by atoms with Crippen LogP contribution in [0.2, 0.25) is 0 Å². The van der Waals surface area contributed by atoms with Gasteiger partial charge in [-0.25, -0.2) is 9.97 Å². The molecule has 26 heavy (non-hydrogen) atoms. The van der Waals surface area contributed by atoms with E-state index in [0.29, 0.717) is 24.6 Å². The summed E-state index contributed by atoms with van der Waals surface area (Å²) in [6.07, 6.45) is 3.35. The summed E-state index contributed by atoms with van der Waals surface area (Å²) in [7, 11) is 0. The third kappa shape index (κ3) is 4.09. The van der Waals surface area contributed by atoms with Crippen molar-refractivity contribution in [2.75, 3.05) is 26.3 Å². The Morgan fingerprint density at radius 3 is 2.77 bits per heavy atom. The fourth-order valence-electron chi connectivity index (χ4n) is 2.81. The van der Waals surface area contributed by atoms with Crippen molar-refractivity contribution in [2.45, 2.75) is 13.0 Å². The number of rotatable bonds is 4. The lowest BCUT2D eigenvalue weighted by Crippen LogP contribution is -2.41. The molecule has 136 valence electrons. The van der Waals surface area contributed by atoms with Crippen molar-refractivity contribution in [2.24, 2.45) is 0 Å². The number of aromatic nitrogens is 3. The van der Waals surface area contributed by atoms with E-state index in [-0.39, 0.29) is 18.5 Å². The Labute approximate surface area is 158 Å². The Bertz CT molecular complexity index is 867. The molecule has 6 nitrogen and oxygen atoms in total. The van der Waals surface area contributed by atoms with Gasteiger partial charge in [0.2, 0.25) is 5.88 Å². The van der Waals surface area contributed by atoms with E-state index in [2.05, 4.69) is 51.5 Å². The molecule has 0 aliphatic carbocycles. The minimum atomic E-state index is 0. The van der Waals surface area contributed by atoms with Crippen LogP contribution in [-0.4, -0.2) is 47.4 Å². The normalized spacial score (nSPS) is 16.9. The van der Waals surface area contributed by atoms with Crippen LogP contribution in [0.3, 0.4) is 0 Å². The van der Waals surface area contributed by atoms with E-state index in [1.54, 1.807) is 12.4 Å². The molecule has 1 aliphatic rings. The van der Waals surface area contributed by atoms with Crippen molar-refractivity contribution < 1.29 is 9.47 Å². The molecule has 3 heterocycles. The van der Waals surface area contributed by atoms with Gasteiger partial charge in [0.05, 0.1) is 17.8 Å². The van der Waals surface area contributed by atoms with Gasteiger partial charge >= 0.3 is 0 Å². The summed E-state index contributed by atoms with van der Waals surface area (Å²) in [6, 6.07) is 10.2. The van der Waals surface area contributed by atoms with E-state index in [0.717, 1.165) is 29.9 Å². The van der Waals surface area contributed by atoms with Gasteiger partial charge in [-0.05, 0) is 13.0 Å². The maximum atomic E-state index is 5.97. The van der Waals surface area contributed by atoms with Gasteiger partial charge in [-0.2, -0.15) is 0 Å². The van der Waals surface area contributed by atoms with E-state index in [4.69, 9.17) is 9.47 Å². The van der Waals surface area contributed by atoms with E-state index in [1.807, 2.05) is 6.07 Å². The topological polar surface area (TPSA) is 69.2 Å². The lowest BCUT2D eigenvalue weighted by molar-refractivity contribution is -0.000407. The number of morpholine rings is 1. The van der Waals surface area contributed by atoms with E-state index >= 15 is 0 Å². The molecule has 0 amide bonds. The SMILES string of the molecule is Cc1ccc(-c2cc3nccnc3c(OC[C@@H]3CNCCO3)n2)cc1.Cl. The minimum Gasteiger partial charge on any atom is -0.473 e. The number of aryl methyl sites for hydroxylation is 1. The first-order chi connectivity index (χ1) is 12.3. The smallest absolute Gasteiger partial charge is 0.242 e. The highest BCUT2D eigenvalue weighted by atomic mass is 35.5. The first kappa shape index (κ1) is 18.5. The second-order valence-corrected chi connectivity index (χ2v) is 6.11. The van der Waals surface area contributed by atoms with Crippen LogP contribution in [0.25, 0.3) is 22.3 Å². The first-order valence-corrected chi connectivity index (χ1v) is 8.43. The van der Waals surface area contributed by atoms with Crippen LogP contribution in [0.4, 0.5) is 0 Å². The van der Waals surface area contributed by atoms with Crippen LogP contribution >= 0.6 is 12.4 Å². The second kappa shape index (κ2) is 8.40. The summed E-state index contributed by atoms with van der Waals surface area (Å²) in [5, 5.41) is 3.30. The summed E-state index contributed by atoms with van der Waals surface area (Å²) in [6.45, 7) is 4.86. The number of nitrogens with zero attached hydrogens (tertiary/aromatic N) is 3. The quantitative estimate of drug-likeness (QED) is 0.759. The summed E-state index contributed by atoms with van der Waals surface area (Å²) >= 11 is 0. The van der Waals surface area contributed by atoms with Gasteiger partial charge in [0, 0.05) is 31.0 Å². The standard InChI is InChI=1S/C19H20N4O2.ClH/c1-13-2-4-14(5-3-13)16-10-17-18(22-7-6-21-17)19(23-16)25-12-15-11-20-8-9-24-15;/h2-7,10,15,20H,8-9,11-12H2,1H3;1H/t15-;/m0./s1. The highest BCUT2D eigenvalue weighted by Gasteiger charge is 2.17. The zero-order chi connectivity index (χ0) is 17.1. The third-order valence-corrected chi connectivity index (χ3v) is 4.18. The Morgan fingerprint density at radius 1 is 1.19 bits per heavy atom. The lowest BCUT2D eigenvalue weighted by Gasteiger charge is -2.23. The van der Waals surface area contributed by atoms with Crippen molar-refractivity contribution in [3.8, 4) is 17.1 Å². The number of hydrogen-bond acceptors (Lipinski definition) is 6. The number of benzene rings is 1. The molecule has 2 aromatic heterocycles. The molecule has 7 heteroatoms. The van der Waals surface area contributed by atoms with E-state index in [9.17, 15) is 0 Å². The monoisotopic (exact) mass is 372 g/mol. The third-order valence-electron chi connectivity index (χ3n) is 4.18. The zero-order valence-corrected chi connectivity index (χ0v) is 15.3. The molecule has 0 saturated carbocycles. The molecule has 0 bridgehead atoms. The molecule has 1 atom stereocenters. The maximum absolute atomic E-state index is 5.97. The van der Waals surface area contributed by atoms with Gasteiger partial charge in [0.15, 0.2) is 5.52 Å². The molecule has 0 radical (unpaired) electrons. The fraction of sp³-hybridized carbons (Fsp3) is 0.316. The molecule has 3 aromatic rings. The largest absolute Gasteiger partial charge is 0.473 e. The average molecular weight is 373 g/mol. The molecule has 0 unspecified atom stereocenters. The summed E-state index contributed by atoms with van der Waals surface area (Å²) in [5.41, 5.74) is 4.50. The highest BCUT2D eigenvalue weighted by molar-refractivity contribution is 5.85. The molecule has 4 rings (SSSR count). The molecule has 1 aliphatic heterocycles. The van der Waals surface area contributed by atoms with Crippen molar-refractivity contribution in [1.29, 1.82) is 0 Å². The van der Waals surface area contributed by atoms with Gasteiger partial charge in [-0.15, -0.1) is 12.4 Å². The predicted octanol–water partition coefficient (Wildman–Crippen LogP) is 2.79. The lowest BCUT2D eigenvalue weighted by atomic mass is 10.1. The van der Waals surface area contributed by atoms with Gasteiger partial charge in [-0.3, -0.25) is 4.98 Å². The van der Waals surface area contributed by atoms with Crippen LogP contribution in [0.5, 0.6) is 5.88 Å². The van der Waals surface area contributed by atoms with Crippen LogP contribution in [0, 0.1) is 6.92 Å². The molecular formula is C19H21ClN4O2. The van der Waals surface area contributed by atoms with Crippen LogP contribution in [-0.2, 0) is 4.74 Å². The predicted molar refractivity (Wildman–Crippen MR) is 103 cm³/mol. The molecular weight excluding hydrogens is 352 g/mol. The zero-order valence-electron chi connectivity index (χ0n) is 14.5. The molecule has 1 fully saturated rings. The molecule has 0 spiro atoms. The van der Waals surface area contributed by atoms with Crippen molar-refractivity contribution >= 4 is 23.4 Å². The second-order valence-electron chi connectivity index (χ2n) is 6.11. The van der Waals surface area contributed by atoms with Crippen molar-refractivity contribution in [3.05, 3.63) is 48.3 Å². The fourth-order valence-corrected chi connectivity index (χ4v) is 2.81. The van der Waals surface area contributed by atoms with E-state index in [1.165, 1.54) is 5.56 Å². The van der Waals surface area contributed by atoms with Crippen LogP contribution in [0.15, 0.2) is 42.7 Å². The summed E-state index contributed by atoms with van der Waals surface area (Å²) < 4.78 is 11.7. The Kier molecular flexibility index (Phi) is 5.98. The maximum Gasteiger partial charge on any atom is 0.242 e. The van der Waals surface area contributed by atoms with Crippen LogP contribution < -0.4 is 10.1 Å². The molecule has 1 saturated heterocycles. The first-order valence-electron chi connectivity index (χ1n) is 8.43. The number of halogens is 1. The molecule has 1 N–H and O–H groups in total. The Morgan fingerprint density at radius 2 is 2.00 bits per heavy atom. The van der Waals surface area contributed by atoms with E-state index < -0.39 is 0 Å². The summed E-state index contributed by atoms with van der Waals surface area (Å²) in [5.74, 6) is 0.496. The van der Waals surface area contributed by atoms with Gasteiger partial charge in [-0.1, -0.05) is 29.8 Å². The molecule has 1 aromatic carbocycles. The Balaban J connectivity index is 0.00000196. The number of fused-ring (bicyclic) bond motifs is 1. The number of hydrogen-bond donors (Lipinski definition) is 1. The highest BCUT2D eigenvalue weighted by Crippen LogP contribution is 2.27. The van der Waals surface area contributed by atoms with Gasteiger partial charge in [0.25, 0.3) is 0 Å². The van der Waals surface area contributed by atoms with Crippen molar-refractivity contribution in [3.63, 3.8) is 0 Å². The number of pyridine rings is 1. The minimum absolute atomic E-state index is 0. The number of ether oxygens (including phenoxy) is 2.